The molecule has 0 bridgehead atoms. The molecular weight excluding hydrogens is 180 g/mol. The predicted molar refractivity (Wildman–Crippen MR) is 57.9 cm³/mol. The summed E-state index contributed by atoms with van der Waals surface area (Å²) in [4.78, 5) is 1.32. The average Bonchev–Trinajstić information content (AvgIpc) is 2.55. The molecule has 3 heteroatoms. The van der Waals surface area contributed by atoms with Gasteiger partial charge in [0.25, 0.3) is 0 Å². The summed E-state index contributed by atoms with van der Waals surface area (Å²) in [5, 5.41) is 3.41. The molecule has 1 aromatic rings. The summed E-state index contributed by atoms with van der Waals surface area (Å²) in [7, 11) is 0. The van der Waals surface area contributed by atoms with Crippen LogP contribution in [0, 0.1) is 5.92 Å². The fourth-order valence-corrected chi connectivity index (χ4v) is 1.73. The van der Waals surface area contributed by atoms with Crippen LogP contribution in [0.3, 0.4) is 0 Å². The zero-order valence-electron chi connectivity index (χ0n) is 8.42. The van der Waals surface area contributed by atoms with Crippen molar-refractivity contribution in [3.63, 3.8) is 0 Å². The lowest BCUT2D eigenvalue weighted by Gasteiger charge is -2.04. The largest absolute Gasteiger partial charge is 0.312 e. The third kappa shape index (κ3) is 5.01. The molecule has 0 amide bonds. The van der Waals surface area contributed by atoms with Crippen LogP contribution in [0.15, 0.2) is 12.3 Å². The summed E-state index contributed by atoms with van der Waals surface area (Å²) in [6.07, 6.45) is 4.45. The summed E-state index contributed by atoms with van der Waals surface area (Å²) in [6, 6.07) is 2.07. The van der Waals surface area contributed by atoms with Crippen molar-refractivity contribution in [2.75, 3.05) is 6.54 Å². The second-order valence-electron chi connectivity index (χ2n) is 3.69. The molecule has 0 atom stereocenters. The standard InChI is InChI=1S/C10H18N2S/c1-9(2)4-3-6-11-8-10-5-7-12-13-10/h5,7,9,11H,3-4,6,8H2,1-2H3. The quantitative estimate of drug-likeness (QED) is 0.711. The second kappa shape index (κ2) is 6.11. The maximum absolute atomic E-state index is 4.05. The van der Waals surface area contributed by atoms with Crippen molar-refractivity contribution < 1.29 is 0 Å². The number of aromatic nitrogens is 1. The van der Waals surface area contributed by atoms with E-state index in [0.717, 1.165) is 19.0 Å². The molecule has 0 aliphatic carbocycles. The smallest absolute Gasteiger partial charge is 0.0410 e. The van der Waals surface area contributed by atoms with E-state index in [9.17, 15) is 0 Å². The zero-order chi connectivity index (χ0) is 9.52. The molecule has 2 nitrogen and oxygen atoms in total. The van der Waals surface area contributed by atoms with Gasteiger partial charge in [-0.05, 0) is 42.9 Å². The Balaban J connectivity index is 1.96. The van der Waals surface area contributed by atoms with Crippen LogP contribution < -0.4 is 5.32 Å². The van der Waals surface area contributed by atoms with Gasteiger partial charge in [0.15, 0.2) is 0 Å². The third-order valence-electron chi connectivity index (χ3n) is 1.93. The first-order valence-corrected chi connectivity index (χ1v) is 5.66. The summed E-state index contributed by atoms with van der Waals surface area (Å²) < 4.78 is 4.05. The van der Waals surface area contributed by atoms with Crippen molar-refractivity contribution in [2.45, 2.75) is 33.2 Å². The first kappa shape index (κ1) is 10.7. The number of hydrogen-bond acceptors (Lipinski definition) is 3. The molecule has 1 rings (SSSR count). The lowest BCUT2D eigenvalue weighted by molar-refractivity contribution is 0.528. The number of nitrogens with zero attached hydrogens (tertiary/aromatic N) is 1. The van der Waals surface area contributed by atoms with Gasteiger partial charge in [0.2, 0.25) is 0 Å². The van der Waals surface area contributed by atoms with E-state index in [2.05, 4.69) is 29.6 Å². The highest BCUT2D eigenvalue weighted by Gasteiger charge is 1.95. The minimum atomic E-state index is 0.824. The SMILES string of the molecule is CC(C)CCCNCc1ccns1. The Labute approximate surface area is 84.5 Å². The van der Waals surface area contributed by atoms with Crippen LogP contribution in [0.25, 0.3) is 0 Å². The van der Waals surface area contributed by atoms with E-state index in [-0.39, 0.29) is 0 Å². The van der Waals surface area contributed by atoms with Crippen molar-refractivity contribution in [3.8, 4) is 0 Å². The minimum Gasteiger partial charge on any atom is -0.312 e. The molecule has 1 heterocycles. The minimum absolute atomic E-state index is 0.824. The molecule has 13 heavy (non-hydrogen) atoms. The lowest BCUT2D eigenvalue weighted by Crippen LogP contribution is -2.14. The van der Waals surface area contributed by atoms with Gasteiger partial charge in [0.1, 0.15) is 0 Å². The van der Waals surface area contributed by atoms with Crippen molar-refractivity contribution in [2.24, 2.45) is 5.92 Å². The molecule has 0 fully saturated rings. The first-order valence-electron chi connectivity index (χ1n) is 4.89. The first-order chi connectivity index (χ1) is 6.29. The summed E-state index contributed by atoms with van der Waals surface area (Å²) in [5.74, 6) is 0.824. The molecule has 1 N–H and O–H groups in total. The zero-order valence-corrected chi connectivity index (χ0v) is 9.23. The molecule has 0 saturated heterocycles. The van der Waals surface area contributed by atoms with Crippen LogP contribution in [0.2, 0.25) is 0 Å². The van der Waals surface area contributed by atoms with Crippen LogP contribution in [-0.4, -0.2) is 10.9 Å². The normalized spacial score (nSPS) is 11.0. The summed E-state index contributed by atoms with van der Waals surface area (Å²) >= 11 is 1.57. The van der Waals surface area contributed by atoms with Crippen LogP contribution >= 0.6 is 11.5 Å². The Morgan fingerprint density at radius 1 is 1.54 bits per heavy atom. The number of nitrogens with one attached hydrogen (secondary N) is 1. The lowest BCUT2D eigenvalue weighted by atomic mass is 10.1. The molecule has 0 aliphatic heterocycles. The average molecular weight is 198 g/mol. The highest BCUT2D eigenvalue weighted by molar-refractivity contribution is 7.05. The Morgan fingerprint density at radius 3 is 3.00 bits per heavy atom. The van der Waals surface area contributed by atoms with E-state index in [1.807, 2.05) is 6.20 Å². The van der Waals surface area contributed by atoms with Crippen LogP contribution in [0.4, 0.5) is 0 Å². The maximum Gasteiger partial charge on any atom is 0.0410 e. The predicted octanol–water partition coefficient (Wildman–Crippen LogP) is 2.67. The van der Waals surface area contributed by atoms with E-state index >= 15 is 0 Å². The molecular formula is C10H18N2S. The molecule has 0 aromatic carbocycles. The third-order valence-corrected chi connectivity index (χ3v) is 2.67. The summed E-state index contributed by atoms with van der Waals surface area (Å²) in [5.41, 5.74) is 0. The molecule has 0 spiro atoms. The van der Waals surface area contributed by atoms with E-state index in [1.54, 1.807) is 11.5 Å². The number of hydrogen-bond donors (Lipinski definition) is 1. The highest BCUT2D eigenvalue weighted by Crippen LogP contribution is 2.04. The van der Waals surface area contributed by atoms with Crippen molar-refractivity contribution in [1.29, 1.82) is 0 Å². The van der Waals surface area contributed by atoms with E-state index in [4.69, 9.17) is 0 Å². The van der Waals surface area contributed by atoms with Crippen LogP contribution in [0.1, 0.15) is 31.6 Å². The van der Waals surface area contributed by atoms with E-state index < -0.39 is 0 Å². The summed E-state index contributed by atoms with van der Waals surface area (Å²) in [6.45, 7) is 6.63. The van der Waals surface area contributed by atoms with Gasteiger partial charge in [0, 0.05) is 17.6 Å². The van der Waals surface area contributed by atoms with Gasteiger partial charge in [-0.1, -0.05) is 13.8 Å². The van der Waals surface area contributed by atoms with Gasteiger partial charge in [0.05, 0.1) is 0 Å². The van der Waals surface area contributed by atoms with Crippen LogP contribution in [0.5, 0.6) is 0 Å². The van der Waals surface area contributed by atoms with Gasteiger partial charge in [-0.25, -0.2) is 4.37 Å². The van der Waals surface area contributed by atoms with Gasteiger partial charge >= 0.3 is 0 Å². The van der Waals surface area contributed by atoms with Crippen molar-refractivity contribution in [3.05, 3.63) is 17.1 Å². The molecule has 0 radical (unpaired) electrons. The fraction of sp³-hybridized carbons (Fsp3) is 0.700. The van der Waals surface area contributed by atoms with Crippen molar-refractivity contribution in [1.82, 2.24) is 9.69 Å². The highest BCUT2D eigenvalue weighted by atomic mass is 32.1. The fourth-order valence-electron chi connectivity index (χ4n) is 1.18. The Hall–Kier alpha value is -0.410. The Morgan fingerprint density at radius 2 is 2.38 bits per heavy atom. The Kier molecular flexibility index (Phi) is 5.01. The molecule has 0 unspecified atom stereocenters. The topological polar surface area (TPSA) is 24.9 Å². The molecule has 74 valence electrons. The molecule has 0 aliphatic rings. The van der Waals surface area contributed by atoms with Crippen LogP contribution in [-0.2, 0) is 6.54 Å². The molecule has 0 saturated carbocycles. The van der Waals surface area contributed by atoms with E-state index in [1.165, 1.54) is 17.7 Å². The van der Waals surface area contributed by atoms with Gasteiger partial charge in [-0.2, -0.15) is 0 Å². The second-order valence-corrected chi connectivity index (χ2v) is 4.61. The monoisotopic (exact) mass is 198 g/mol. The van der Waals surface area contributed by atoms with Crippen molar-refractivity contribution >= 4 is 11.5 Å². The maximum atomic E-state index is 4.05. The molecule has 1 aromatic heterocycles. The Bertz CT molecular complexity index is 207. The van der Waals surface area contributed by atoms with E-state index in [0.29, 0.717) is 0 Å². The van der Waals surface area contributed by atoms with Gasteiger partial charge in [-0.15, -0.1) is 0 Å². The number of rotatable bonds is 6. The van der Waals surface area contributed by atoms with Gasteiger partial charge in [-0.3, -0.25) is 0 Å². The van der Waals surface area contributed by atoms with Gasteiger partial charge < -0.3 is 5.32 Å².